The normalized spacial score (nSPS) is 27.8. The van der Waals surface area contributed by atoms with E-state index in [9.17, 15) is 4.79 Å². The van der Waals surface area contributed by atoms with Crippen LogP contribution in [0.5, 0.6) is 0 Å². The average molecular weight is 351 g/mol. The molecule has 1 aromatic heterocycles. The van der Waals surface area contributed by atoms with Gasteiger partial charge in [0.1, 0.15) is 5.82 Å². The van der Waals surface area contributed by atoms with Crippen molar-refractivity contribution in [1.82, 2.24) is 9.88 Å². The maximum atomic E-state index is 13.0. The Kier molecular flexibility index (Phi) is 3.85. The summed E-state index contributed by atoms with van der Waals surface area (Å²) < 4.78 is 5.37. The highest BCUT2D eigenvalue weighted by atomic mass is 16.5. The number of nitrogens with zero attached hydrogens (tertiary/aromatic N) is 2. The zero-order chi connectivity index (χ0) is 17.6. The summed E-state index contributed by atoms with van der Waals surface area (Å²) in [6.45, 7) is 2.52. The molecule has 1 saturated heterocycles. The lowest BCUT2D eigenvalue weighted by molar-refractivity contribution is 0.0304. The number of carbonyl (C=O) groups excluding carboxylic acids is 1. The van der Waals surface area contributed by atoms with Crippen LogP contribution in [0.15, 0.2) is 30.5 Å². The first-order chi connectivity index (χ1) is 12.7. The van der Waals surface area contributed by atoms with E-state index in [2.05, 4.69) is 11.4 Å². The van der Waals surface area contributed by atoms with Crippen molar-refractivity contribution in [3.63, 3.8) is 0 Å². The van der Waals surface area contributed by atoms with Crippen LogP contribution >= 0.6 is 0 Å². The van der Waals surface area contributed by atoms with Gasteiger partial charge in [-0.25, -0.2) is 4.98 Å². The first-order valence-electron chi connectivity index (χ1n) is 9.77. The monoisotopic (exact) mass is 351 g/mol. The van der Waals surface area contributed by atoms with E-state index in [1.165, 1.54) is 32.1 Å². The van der Waals surface area contributed by atoms with Crippen LogP contribution in [0.2, 0.25) is 0 Å². The molecule has 0 atom stereocenters. The number of aromatic nitrogens is 1. The number of ether oxygens (including phenoxy) is 1. The van der Waals surface area contributed by atoms with E-state index >= 15 is 0 Å². The molecule has 5 heteroatoms. The number of fused-ring (bicyclic) bond motifs is 3. The van der Waals surface area contributed by atoms with E-state index in [1.807, 2.05) is 23.1 Å². The van der Waals surface area contributed by atoms with Gasteiger partial charge >= 0.3 is 0 Å². The first kappa shape index (κ1) is 16.1. The largest absolute Gasteiger partial charge is 0.378 e. The predicted molar refractivity (Wildman–Crippen MR) is 101 cm³/mol. The molecule has 136 valence electrons. The van der Waals surface area contributed by atoms with Crippen molar-refractivity contribution in [1.29, 1.82) is 0 Å². The van der Waals surface area contributed by atoms with Crippen molar-refractivity contribution in [2.24, 2.45) is 5.92 Å². The zero-order valence-corrected chi connectivity index (χ0v) is 15.0. The minimum absolute atomic E-state index is 0.0588. The molecule has 0 spiro atoms. The Morgan fingerprint density at radius 3 is 2.58 bits per heavy atom. The van der Waals surface area contributed by atoms with Crippen LogP contribution in [0.3, 0.4) is 0 Å². The fourth-order valence-corrected chi connectivity index (χ4v) is 5.02. The molecule has 1 aromatic carbocycles. The van der Waals surface area contributed by atoms with Crippen LogP contribution in [-0.4, -0.2) is 47.6 Å². The van der Waals surface area contributed by atoms with Gasteiger partial charge in [-0.15, -0.1) is 0 Å². The third-order valence-corrected chi connectivity index (χ3v) is 6.45. The van der Waals surface area contributed by atoms with Crippen LogP contribution in [0, 0.1) is 5.92 Å². The van der Waals surface area contributed by atoms with Crippen molar-refractivity contribution < 1.29 is 9.53 Å². The first-order valence-corrected chi connectivity index (χ1v) is 9.77. The molecule has 0 radical (unpaired) electrons. The van der Waals surface area contributed by atoms with Gasteiger partial charge in [-0.1, -0.05) is 24.3 Å². The molecule has 0 unspecified atom stereocenters. The number of carbonyl (C=O) groups is 1. The molecule has 2 aliphatic carbocycles. The Morgan fingerprint density at radius 1 is 1.15 bits per heavy atom. The van der Waals surface area contributed by atoms with Gasteiger partial charge in [0.2, 0.25) is 0 Å². The minimum atomic E-state index is 0.0588. The SMILES string of the molecule is O=C(c1cnc(NC23CCC(CC2)C3)c2ccccc12)N1CCOCC1. The summed E-state index contributed by atoms with van der Waals surface area (Å²) in [7, 11) is 0. The van der Waals surface area contributed by atoms with Crippen molar-refractivity contribution >= 4 is 22.5 Å². The lowest BCUT2D eigenvalue weighted by atomic mass is 9.93. The smallest absolute Gasteiger partial charge is 0.256 e. The Balaban J connectivity index is 1.51. The number of rotatable bonds is 3. The molecular formula is C21H25N3O2. The van der Waals surface area contributed by atoms with Gasteiger partial charge in [0.15, 0.2) is 0 Å². The maximum Gasteiger partial charge on any atom is 0.256 e. The zero-order valence-electron chi connectivity index (χ0n) is 15.0. The fraction of sp³-hybridized carbons (Fsp3) is 0.524. The molecular weight excluding hydrogens is 326 g/mol. The highest BCUT2D eigenvalue weighted by Crippen LogP contribution is 2.49. The second-order valence-electron chi connectivity index (χ2n) is 8.02. The van der Waals surface area contributed by atoms with E-state index in [1.54, 1.807) is 6.20 Å². The molecule has 1 amide bonds. The molecule has 3 fully saturated rings. The van der Waals surface area contributed by atoms with E-state index in [0.717, 1.165) is 22.5 Å². The van der Waals surface area contributed by atoms with Gasteiger partial charge in [-0.2, -0.15) is 0 Å². The Bertz CT molecular complexity index is 836. The molecule has 3 aliphatic rings. The highest BCUT2D eigenvalue weighted by Gasteiger charge is 2.45. The van der Waals surface area contributed by atoms with Crippen LogP contribution in [-0.2, 0) is 4.74 Å². The molecule has 2 aromatic rings. The summed E-state index contributed by atoms with van der Waals surface area (Å²) >= 11 is 0. The second-order valence-corrected chi connectivity index (χ2v) is 8.02. The lowest BCUT2D eigenvalue weighted by Gasteiger charge is -2.30. The summed E-state index contributed by atoms with van der Waals surface area (Å²) in [6.07, 6.45) is 8.17. The molecule has 2 saturated carbocycles. The number of hydrogen-bond acceptors (Lipinski definition) is 4. The number of anilines is 1. The lowest BCUT2D eigenvalue weighted by Crippen LogP contribution is -2.40. The van der Waals surface area contributed by atoms with E-state index in [4.69, 9.17) is 9.72 Å². The van der Waals surface area contributed by atoms with E-state index in [0.29, 0.717) is 31.9 Å². The molecule has 1 N–H and O–H groups in total. The average Bonchev–Trinajstić information content (AvgIpc) is 3.29. The van der Waals surface area contributed by atoms with E-state index in [-0.39, 0.29) is 11.4 Å². The van der Waals surface area contributed by atoms with Crippen molar-refractivity contribution in [2.45, 2.75) is 37.6 Å². The van der Waals surface area contributed by atoms with Crippen molar-refractivity contribution in [2.75, 3.05) is 31.6 Å². The number of morpholine rings is 1. The Morgan fingerprint density at radius 2 is 1.88 bits per heavy atom. The topological polar surface area (TPSA) is 54.5 Å². The summed E-state index contributed by atoms with van der Waals surface area (Å²) in [5.74, 6) is 1.88. The summed E-state index contributed by atoms with van der Waals surface area (Å²) in [6, 6.07) is 8.15. The number of hydrogen-bond donors (Lipinski definition) is 1. The van der Waals surface area contributed by atoms with E-state index < -0.39 is 0 Å². The molecule has 2 bridgehead atoms. The fourth-order valence-electron chi connectivity index (χ4n) is 5.02. The quantitative estimate of drug-likeness (QED) is 0.920. The van der Waals surface area contributed by atoms with Crippen LogP contribution in [0.25, 0.3) is 10.8 Å². The molecule has 1 aliphatic heterocycles. The molecule has 5 nitrogen and oxygen atoms in total. The minimum Gasteiger partial charge on any atom is -0.378 e. The predicted octanol–water partition coefficient (Wildman–Crippen LogP) is 3.45. The van der Waals surface area contributed by atoms with Crippen LogP contribution < -0.4 is 5.32 Å². The van der Waals surface area contributed by atoms with Crippen LogP contribution in [0.4, 0.5) is 5.82 Å². The summed E-state index contributed by atoms with van der Waals surface area (Å²) in [5, 5.41) is 5.82. The maximum absolute atomic E-state index is 13.0. The second kappa shape index (κ2) is 6.23. The highest BCUT2D eigenvalue weighted by molar-refractivity contribution is 6.09. The summed E-state index contributed by atoms with van der Waals surface area (Å²) in [5.41, 5.74) is 0.914. The molecule has 5 rings (SSSR count). The number of amides is 1. The Labute approximate surface area is 153 Å². The standard InChI is InChI=1S/C21H25N3O2/c25-20(24-9-11-26-12-10-24)18-14-22-19(17-4-2-1-3-16(17)18)23-21-7-5-15(13-21)6-8-21/h1-4,14-15H,5-13H2,(H,22,23). The third kappa shape index (κ3) is 2.65. The van der Waals surface area contributed by atoms with Gasteiger partial charge in [0.25, 0.3) is 5.91 Å². The Hall–Kier alpha value is -2.14. The van der Waals surface area contributed by atoms with Gasteiger partial charge in [0.05, 0.1) is 18.8 Å². The van der Waals surface area contributed by atoms with Gasteiger partial charge in [0, 0.05) is 30.2 Å². The van der Waals surface area contributed by atoms with Crippen molar-refractivity contribution in [3.8, 4) is 0 Å². The molecule has 26 heavy (non-hydrogen) atoms. The summed E-state index contributed by atoms with van der Waals surface area (Å²) in [4.78, 5) is 19.6. The number of benzene rings is 1. The number of nitrogens with one attached hydrogen (secondary N) is 1. The molecule has 2 heterocycles. The third-order valence-electron chi connectivity index (χ3n) is 6.45. The van der Waals surface area contributed by atoms with Crippen LogP contribution in [0.1, 0.15) is 42.5 Å². The van der Waals surface area contributed by atoms with Crippen molar-refractivity contribution in [3.05, 3.63) is 36.0 Å². The van der Waals surface area contributed by atoms with Gasteiger partial charge < -0.3 is 15.0 Å². The van der Waals surface area contributed by atoms with Gasteiger partial charge in [-0.3, -0.25) is 4.79 Å². The number of pyridine rings is 1. The van der Waals surface area contributed by atoms with Gasteiger partial charge in [-0.05, 0) is 43.4 Å².